The molecule has 120 valence electrons. The Kier molecular flexibility index (Phi) is 4.82. The summed E-state index contributed by atoms with van der Waals surface area (Å²) in [4.78, 5) is 12.1. The molecule has 1 amide bonds. The Hall–Kier alpha value is -2.07. The van der Waals surface area contributed by atoms with Gasteiger partial charge >= 0.3 is 0 Å². The van der Waals surface area contributed by atoms with E-state index in [1.165, 1.54) is 12.1 Å². The molecule has 5 heteroatoms. The third kappa shape index (κ3) is 4.45. The first-order valence-corrected chi connectivity index (χ1v) is 7.93. The third-order valence-electron chi connectivity index (χ3n) is 3.81. The molecule has 1 aliphatic rings. The van der Waals surface area contributed by atoms with Crippen LogP contribution in [0.2, 0.25) is 5.02 Å². The molecule has 1 unspecified atom stereocenters. The van der Waals surface area contributed by atoms with Crippen LogP contribution in [0.4, 0.5) is 4.39 Å². The average Bonchev–Trinajstić information content (AvgIpc) is 3.36. The van der Waals surface area contributed by atoms with Crippen LogP contribution in [-0.4, -0.2) is 12.5 Å². The maximum atomic E-state index is 13.1. The molecule has 0 bridgehead atoms. The lowest BCUT2D eigenvalue weighted by atomic mass is 10.0. The zero-order valence-corrected chi connectivity index (χ0v) is 13.2. The summed E-state index contributed by atoms with van der Waals surface area (Å²) in [5.74, 6) is 0.185. The van der Waals surface area contributed by atoms with Crippen LogP contribution in [0, 0.1) is 11.7 Å². The van der Waals surface area contributed by atoms with Gasteiger partial charge in [-0.05, 0) is 48.6 Å². The van der Waals surface area contributed by atoms with Crippen molar-refractivity contribution in [2.24, 2.45) is 5.92 Å². The van der Waals surface area contributed by atoms with Gasteiger partial charge in [0.2, 0.25) is 0 Å². The fourth-order valence-corrected chi connectivity index (χ4v) is 2.62. The Bertz CT molecular complexity index is 686. The number of halogens is 2. The minimum atomic E-state index is -0.389. The van der Waals surface area contributed by atoms with E-state index in [0.717, 1.165) is 18.4 Å². The maximum Gasteiger partial charge on any atom is 0.258 e. The summed E-state index contributed by atoms with van der Waals surface area (Å²) < 4.78 is 18.4. The summed E-state index contributed by atoms with van der Waals surface area (Å²) >= 11 is 5.91. The first-order chi connectivity index (χ1) is 11.1. The van der Waals surface area contributed by atoms with Crippen LogP contribution >= 0.6 is 11.6 Å². The molecule has 1 aliphatic carbocycles. The number of nitrogens with one attached hydrogen (secondary N) is 1. The molecule has 0 heterocycles. The van der Waals surface area contributed by atoms with Crippen molar-refractivity contribution in [3.63, 3.8) is 0 Å². The third-order valence-corrected chi connectivity index (χ3v) is 4.06. The van der Waals surface area contributed by atoms with E-state index in [9.17, 15) is 9.18 Å². The molecule has 0 radical (unpaired) electrons. The van der Waals surface area contributed by atoms with Crippen LogP contribution in [-0.2, 0) is 4.79 Å². The van der Waals surface area contributed by atoms with E-state index in [1.54, 1.807) is 12.1 Å². The summed E-state index contributed by atoms with van der Waals surface area (Å²) in [7, 11) is 0. The number of hydrogen-bond donors (Lipinski definition) is 1. The van der Waals surface area contributed by atoms with Crippen molar-refractivity contribution in [3.8, 4) is 5.75 Å². The number of benzene rings is 2. The number of carbonyl (C=O) groups excluding carboxylic acids is 1. The number of ether oxygens (including phenoxy) is 1. The van der Waals surface area contributed by atoms with Crippen molar-refractivity contribution >= 4 is 17.5 Å². The van der Waals surface area contributed by atoms with Crippen molar-refractivity contribution in [2.75, 3.05) is 6.61 Å². The zero-order chi connectivity index (χ0) is 16.2. The maximum absolute atomic E-state index is 13.1. The quantitative estimate of drug-likeness (QED) is 0.863. The molecule has 1 atom stereocenters. The van der Waals surface area contributed by atoms with Gasteiger partial charge in [-0.1, -0.05) is 29.8 Å². The molecule has 0 spiro atoms. The number of rotatable bonds is 6. The van der Waals surface area contributed by atoms with Gasteiger partial charge in [-0.25, -0.2) is 4.39 Å². The normalized spacial score (nSPS) is 15.0. The highest BCUT2D eigenvalue weighted by molar-refractivity contribution is 6.30. The molecular weight excluding hydrogens is 317 g/mol. The van der Waals surface area contributed by atoms with Crippen LogP contribution in [0.3, 0.4) is 0 Å². The van der Waals surface area contributed by atoms with Gasteiger partial charge < -0.3 is 10.1 Å². The van der Waals surface area contributed by atoms with Gasteiger partial charge in [0.25, 0.3) is 5.91 Å². The molecule has 1 N–H and O–H groups in total. The van der Waals surface area contributed by atoms with Crippen LogP contribution in [0.15, 0.2) is 48.5 Å². The highest BCUT2D eigenvalue weighted by Crippen LogP contribution is 2.41. The average molecular weight is 334 g/mol. The number of amides is 1. The van der Waals surface area contributed by atoms with Crippen LogP contribution in [0.1, 0.15) is 24.4 Å². The van der Waals surface area contributed by atoms with Crippen molar-refractivity contribution in [1.29, 1.82) is 0 Å². The van der Waals surface area contributed by atoms with E-state index in [4.69, 9.17) is 16.3 Å². The molecule has 3 rings (SSSR count). The van der Waals surface area contributed by atoms with Crippen molar-refractivity contribution in [2.45, 2.75) is 18.9 Å². The Morgan fingerprint density at radius 3 is 2.65 bits per heavy atom. The van der Waals surface area contributed by atoms with Gasteiger partial charge in [0.15, 0.2) is 6.61 Å². The van der Waals surface area contributed by atoms with Gasteiger partial charge in [0, 0.05) is 11.1 Å². The summed E-state index contributed by atoms with van der Waals surface area (Å²) in [5.41, 5.74) is 1.04. The van der Waals surface area contributed by atoms with Crippen molar-refractivity contribution < 1.29 is 13.9 Å². The Labute approximate surface area is 139 Å². The van der Waals surface area contributed by atoms with E-state index in [0.29, 0.717) is 16.7 Å². The monoisotopic (exact) mass is 333 g/mol. The largest absolute Gasteiger partial charge is 0.484 e. The van der Waals surface area contributed by atoms with E-state index < -0.39 is 0 Å². The van der Waals surface area contributed by atoms with Crippen molar-refractivity contribution in [1.82, 2.24) is 5.32 Å². The fraction of sp³-hybridized carbons (Fsp3) is 0.278. The van der Waals surface area contributed by atoms with Crippen molar-refractivity contribution in [3.05, 3.63) is 64.9 Å². The predicted octanol–water partition coefficient (Wildman–Crippen LogP) is 4.13. The Morgan fingerprint density at radius 2 is 2.00 bits per heavy atom. The standard InChI is InChI=1S/C18H17ClFNO2/c19-14-8-6-13(7-9-14)18(12-4-5-12)21-17(22)11-23-16-3-1-2-15(20)10-16/h1-3,6-10,12,18H,4-5,11H2,(H,21,22). The zero-order valence-electron chi connectivity index (χ0n) is 12.5. The molecular formula is C18H17ClFNO2. The van der Waals surface area contributed by atoms with Crippen LogP contribution in [0.5, 0.6) is 5.75 Å². The molecule has 23 heavy (non-hydrogen) atoms. The Morgan fingerprint density at radius 1 is 1.26 bits per heavy atom. The second kappa shape index (κ2) is 7.01. The number of hydrogen-bond acceptors (Lipinski definition) is 2. The molecule has 2 aromatic carbocycles. The topological polar surface area (TPSA) is 38.3 Å². The van der Waals surface area contributed by atoms with Crippen LogP contribution < -0.4 is 10.1 Å². The van der Waals surface area contributed by atoms with Gasteiger partial charge in [0.05, 0.1) is 6.04 Å². The fourth-order valence-electron chi connectivity index (χ4n) is 2.49. The van der Waals surface area contributed by atoms with Gasteiger partial charge in [-0.3, -0.25) is 4.79 Å². The Balaban J connectivity index is 1.59. The lowest BCUT2D eigenvalue weighted by Gasteiger charge is -2.19. The second-order valence-electron chi connectivity index (χ2n) is 5.68. The summed E-state index contributed by atoms with van der Waals surface area (Å²) in [6.45, 7) is -0.139. The smallest absolute Gasteiger partial charge is 0.258 e. The summed E-state index contributed by atoms with van der Waals surface area (Å²) in [6.07, 6.45) is 2.19. The minimum Gasteiger partial charge on any atom is -0.484 e. The lowest BCUT2D eigenvalue weighted by Crippen LogP contribution is -2.33. The molecule has 0 aliphatic heterocycles. The molecule has 3 nitrogen and oxygen atoms in total. The first-order valence-electron chi connectivity index (χ1n) is 7.55. The summed E-state index contributed by atoms with van der Waals surface area (Å²) in [6, 6.07) is 13.2. The number of carbonyl (C=O) groups is 1. The first kappa shape index (κ1) is 15.8. The molecule has 2 aromatic rings. The lowest BCUT2D eigenvalue weighted by molar-refractivity contribution is -0.124. The molecule has 1 fully saturated rings. The predicted molar refractivity (Wildman–Crippen MR) is 87.0 cm³/mol. The van der Waals surface area contributed by atoms with Gasteiger partial charge in [-0.2, -0.15) is 0 Å². The SMILES string of the molecule is O=C(COc1cccc(F)c1)NC(c1ccc(Cl)cc1)C1CC1. The van der Waals surface area contributed by atoms with Crippen LogP contribution in [0.25, 0.3) is 0 Å². The summed E-state index contributed by atoms with van der Waals surface area (Å²) in [5, 5.41) is 3.67. The van der Waals surface area contributed by atoms with Gasteiger partial charge in [0.1, 0.15) is 11.6 Å². The molecule has 0 aromatic heterocycles. The van der Waals surface area contributed by atoms with E-state index in [1.807, 2.05) is 24.3 Å². The van der Waals surface area contributed by atoms with Gasteiger partial charge in [-0.15, -0.1) is 0 Å². The molecule has 0 saturated heterocycles. The van der Waals surface area contributed by atoms with E-state index >= 15 is 0 Å². The van der Waals surface area contributed by atoms with E-state index in [-0.39, 0.29) is 24.4 Å². The highest BCUT2D eigenvalue weighted by Gasteiger charge is 2.33. The van der Waals surface area contributed by atoms with E-state index in [2.05, 4.69) is 5.32 Å². The second-order valence-corrected chi connectivity index (χ2v) is 6.12. The minimum absolute atomic E-state index is 0.0316. The highest BCUT2D eigenvalue weighted by atomic mass is 35.5. The molecule has 1 saturated carbocycles.